The topological polar surface area (TPSA) is 86.8 Å². The fourth-order valence-corrected chi connectivity index (χ4v) is 3.70. The number of amides is 2. The first kappa shape index (κ1) is 22.7. The molecule has 1 fully saturated rings. The van der Waals surface area contributed by atoms with Crippen molar-refractivity contribution in [2.75, 3.05) is 46.4 Å². The lowest BCUT2D eigenvalue weighted by molar-refractivity contribution is -0.139. The third-order valence-corrected chi connectivity index (χ3v) is 5.64. The van der Waals surface area contributed by atoms with Crippen LogP contribution in [0, 0.1) is 0 Å². The molecule has 1 saturated heterocycles. The van der Waals surface area contributed by atoms with Gasteiger partial charge in [-0.05, 0) is 35.9 Å². The smallest absolute Gasteiger partial charge is 0.309 e. The van der Waals surface area contributed by atoms with Gasteiger partial charge in [0.1, 0.15) is 5.75 Å². The molecule has 1 aromatic carbocycles. The minimum atomic E-state index is -0.642. The number of benzene rings is 1. The zero-order valence-corrected chi connectivity index (χ0v) is 18.2. The average Bonchev–Trinajstić information content (AvgIpc) is 2.83. The quantitative estimate of drug-likeness (QED) is 0.618. The van der Waals surface area contributed by atoms with Crippen LogP contribution in [0.4, 0.5) is 0 Å². The third-order valence-electron chi connectivity index (χ3n) is 5.64. The van der Waals surface area contributed by atoms with Crippen LogP contribution in [0.15, 0.2) is 48.8 Å². The summed E-state index contributed by atoms with van der Waals surface area (Å²) >= 11 is 0. The number of pyridine rings is 1. The van der Waals surface area contributed by atoms with Crippen LogP contribution in [0.2, 0.25) is 0 Å². The summed E-state index contributed by atoms with van der Waals surface area (Å²) in [6.07, 6.45) is 3.56. The molecular weight excluding hydrogens is 394 g/mol. The van der Waals surface area contributed by atoms with Crippen molar-refractivity contribution in [3.63, 3.8) is 0 Å². The highest BCUT2D eigenvalue weighted by Crippen LogP contribution is 2.21. The van der Waals surface area contributed by atoms with Gasteiger partial charge in [-0.25, -0.2) is 0 Å². The average molecular weight is 426 g/mol. The van der Waals surface area contributed by atoms with Gasteiger partial charge in [-0.3, -0.25) is 19.5 Å². The lowest BCUT2D eigenvalue weighted by Crippen LogP contribution is -2.50. The molecule has 0 aliphatic carbocycles. The van der Waals surface area contributed by atoms with Crippen molar-refractivity contribution in [2.24, 2.45) is 0 Å². The molecule has 1 atom stereocenters. The summed E-state index contributed by atoms with van der Waals surface area (Å²) in [5.74, 6) is -0.528. The molecule has 0 saturated carbocycles. The van der Waals surface area contributed by atoms with E-state index < -0.39 is 11.8 Å². The van der Waals surface area contributed by atoms with E-state index in [1.54, 1.807) is 13.3 Å². The van der Waals surface area contributed by atoms with Crippen LogP contribution in [-0.2, 0) is 16.1 Å². The van der Waals surface area contributed by atoms with Gasteiger partial charge in [-0.15, -0.1) is 0 Å². The number of carbonyl (C=O) groups excluding carboxylic acids is 2. The molecule has 1 aliphatic heterocycles. The number of carbonyl (C=O) groups is 2. The number of hydrogen-bond acceptors (Lipinski definition) is 6. The van der Waals surface area contributed by atoms with Gasteiger partial charge in [0.05, 0.1) is 13.2 Å². The molecule has 0 radical (unpaired) electrons. The molecule has 2 aromatic rings. The van der Waals surface area contributed by atoms with E-state index in [1.165, 1.54) is 0 Å². The highest BCUT2D eigenvalue weighted by atomic mass is 16.5. The predicted octanol–water partition coefficient (Wildman–Crippen LogP) is 1.20. The van der Waals surface area contributed by atoms with Gasteiger partial charge in [0, 0.05) is 51.7 Å². The summed E-state index contributed by atoms with van der Waals surface area (Å²) in [5.41, 5.74) is 1.93. The Bertz CT molecular complexity index is 836. The maximum atomic E-state index is 12.4. The summed E-state index contributed by atoms with van der Waals surface area (Å²) < 4.78 is 5.12. The Kier molecular flexibility index (Phi) is 8.37. The first-order chi connectivity index (χ1) is 15.1. The number of piperazine rings is 1. The summed E-state index contributed by atoms with van der Waals surface area (Å²) in [4.78, 5) is 33.6. The summed E-state index contributed by atoms with van der Waals surface area (Å²) in [6, 6.07) is 11.2. The van der Waals surface area contributed by atoms with Crippen molar-refractivity contribution >= 4 is 11.8 Å². The van der Waals surface area contributed by atoms with Crippen LogP contribution in [0.25, 0.3) is 0 Å². The van der Waals surface area contributed by atoms with E-state index in [1.807, 2.05) is 42.6 Å². The lowest BCUT2D eigenvalue weighted by Gasteiger charge is -2.39. The molecule has 8 nitrogen and oxygen atoms in total. The van der Waals surface area contributed by atoms with Crippen molar-refractivity contribution < 1.29 is 14.3 Å². The Morgan fingerprint density at radius 1 is 1.06 bits per heavy atom. The fraction of sp³-hybridized carbons (Fsp3) is 0.435. The SMILES string of the molecule is CCN1CCN([C@H](CNC(=O)C(=O)NCc2ccc(OC)cc2)c2cccnc2)CC1. The first-order valence-corrected chi connectivity index (χ1v) is 10.7. The third kappa shape index (κ3) is 6.50. The zero-order chi connectivity index (χ0) is 22.1. The second-order valence-corrected chi connectivity index (χ2v) is 7.51. The van der Waals surface area contributed by atoms with Crippen LogP contribution in [0.5, 0.6) is 5.75 Å². The Labute approximate surface area is 183 Å². The number of aromatic nitrogens is 1. The van der Waals surface area contributed by atoms with Crippen LogP contribution >= 0.6 is 0 Å². The highest BCUT2D eigenvalue weighted by molar-refractivity contribution is 6.35. The van der Waals surface area contributed by atoms with Crippen molar-refractivity contribution in [2.45, 2.75) is 19.5 Å². The maximum absolute atomic E-state index is 12.4. The molecule has 8 heteroatoms. The molecule has 31 heavy (non-hydrogen) atoms. The Morgan fingerprint density at radius 2 is 1.77 bits per heavy atom. The van der Waals surface area contributed by atoms with E-state index in [-0.39, 0.29) is 12.6 Å². The molecule has 2 amide bonds. The van der Waals surface area contributed by atoms with E-state index in [9.17, 15) is 9.59 Å². The molecule has 166 valence electrons. The largest absolute Gasteiger partial charge is 0.497 e. The molecule has 0 bridgehead atoms. The number of methoxy groups -OCH3 is 1. The number of nitrogens with one attached hydrogen (secondary N) is 2. The van der Waals surface area contributed by atoms with Crippen molar-refractivity contribution in [1.29, 1.82) is 0 Å². The monoisotopic (exact) mass is 425 g/mol. The molecule has 1 aliphatic rings. The van der Waals surface area contributed by atoms with E-state index >= 15 is 0 Å². The predicted molar refractivity (Wildman–Crippen MR) is 119 cm³/mol. The number of ether oxygens (including phenoxy) is 1. The number of likely N-dealkylation sites (N-methyl/N-ethyl adjacent to an activating group) is 1. The standard InChI is InChI=1S/C23H31N5O3/c1-3-27-11-13-28(14-12-27)21(19-5-4-10-24-16-19)17-26-23(30)22(29)25-15-18-6-8-20(31-2)9-7-18/h4-10,16,21H,3,11-15,17H2,1-2H3,(H,25,29)(H,26,30)/t21-/m1/s1. The molecule has 1 aromatic heterocycles. The van der Waals surface area contributed by atoms with Gasteiger partial charge in [0.25, 0.3) is 0 Å². The minimum absolute atomic E-state index is 0.0222. The Balaban J connectivity index is 1.54. The molecule has 0 unspecified atom stereocenters. The van der Waals surface area contributed by atoms with Crippen LogP contribution in [0.3, 0.4) is 0 Å². The van der Waals surface area contributed by atoms with Crippen LogP contribution in [-0.4, -0.2) is 73.0 Å². The fourth-order valence-electron chi connectivity index (χ4n) is 3.70. The molecule has 2 heterocycles. The van der Waals surface area contributed by atoms with Crippen LogP contribution in [0.1, 0.15) is 24.1 Å². The van der Waals surface area contributed by atoms with Gasteiger partial charge in [-0.2, -0.15) is 0 Å². The van der Waals surface area contributed by atoms with E-state index in [4.69, 9.17) is 4.74 Å². The van der Waals surface area contributed by atoms with Crippen molar-refractivity contribution in [3.8, 4) is 5.75 Å². The summed E-state index contributed by atoms with van der Waals surface area (Å²) in [5, 5.41) is 5.47. The summed E-state index contributed by atoms with van der Waals surface area (Å²) in [7, 11) is 1.60. The number of hydrogen-bond donors (Lipinski definition) is 2. The highest BCUT2D eigenvalue weighted by Gasteiger charge is 2.26. The van der Waals surface area contributed by atoms with Gasteiger partial charge in [0.2, 0.25) is 0 Å². The van der Waals surface area contributed by atoms with E-state index in [2.05, 4.69) is 32.3 Å². The maximum Gasteiger partial charge on any atom is 0.309 e. The second kappa shape index (κ2) is 11.4. The molecular formula is C23H31N5O3. The lowest BCUT2D eigenvalue weighted by atomic mass is 10.1. The second-order valence-electron chi connectivity index (χ2n) is 7.51. The number of rotatable bonds is 8. The minimum Gasteiger partial charge on any atom is -0.497 e. The normalized spacial score (nSPS) is 15.8. The molecule has 0 spiro atoms. The van der Waals surface area contributed by atoms with Gasteiger partial charge in [-0.1, -0.05) is 25.1 Å². The van der Waals surface area contributed by atoms with Gasteiger partial charge in [0.15, 0.2) is 0 Å². The molecule has 2 N–H and O–H groups in total. The van der Waals surface area contributed by atoms with E-state index in [0.29, 0.717) is 6.54 Å². The Morgan fingerprint density at radius 3 is 2.39 bits per heavy atom. The van der Waals surface area contributed by atoms with Crippen molar-refractivity contribution in [3.05, 3.63) is 59.9 Å². The van der Waals surface area contributed by atoms with E-state index in [0.717, 1.165) is 49.6 Å². The summed E-state index contributed by atoms with van der Waals surface area (Å²) in [6.45, 7) is 7.64. The number of nitrogens with zero attached hydrogens (tertiary/aromatic N) is 3. The molecule has 3 rings (SSSR count). The van der Waals surface area contributed by atoms with Crippen molar-refractivity contribution in [1.82, 2.24) is 25.4 Å². The zero-order valence-electron chi connectivity index (χ0n) is 18.2. The van der Waals surface area contributed by atoms with Crippen LogP contribution < -0.4 is 15.4 Å². The van der Waals surface area contributed by atoms with Gasteiger partial charge < -0.3 is 20.3 Å². The van der Waals surface area contributed by atoms with Gasteiger partial charge >= 0.3 is 11.8 Å². The Hall–Kier alpha value is -2.97. The first-order valence-electron chi connectivity index (χ1n) is 10.7.